The fraction of sp³-hybridized carbons (Fsp3) is 0.714. The van der Waals surface area contributed by atoms with E-state index in [1.54, 1.807) is 0 Å². The molecule has 0 aromatic rings. The molecule has 7 nitrogen and oxygen atoms in total. The van der Waals surface area contributed by atoms with E-state index in [0.29, 0.717) is 0 Å². The van der Waals surface area contributed by atoms with Crippen molar-refractivity contribution in [2.24, 2.45) is 0 Å². The number of carboxylic acid groups (broad SMARTS) is 2. The van der Waals surface area contributed by atoms with E-state index in [1.807, 2.05) is 0 Å². The molecule has 0 heterocycles. The average Bonchev–Trinajstić information content (AvgIpc) is 2.00. The van der Waals surface area contributed by atoms with Crippen LogP contribution in [-0.2, 0) is 14.2 Å². The first kappa shape index (κ1) is 14.1. The predicted octanol–water partition coefficient (Wildman–Crippen LogP) is -0.248. The highest BCUT2D eigenvalue weighted by Gasteiger charge is 2.20. The summed E-state index contributed by atoms with van der Waals surface area (Å²) in [5.74, 6) is -2.34. The van der Waals surface area contributed by atoms with Crippen LogP contribution in [0, 0.1) is 0 Å². The Balaban J connectivity index is 4.11. The van der Waals surface area contributed by atoms with Gasteiger partial charge in [0, 0.05) is 13.1 Å². The molecule has 0 aromatic heterocycles. The lowest BCUT2D eigenvalue weighted by atomic mass is 10.1. The van der Waals surface area contributed by atoms with E-state index in [0.717, 1.165) is 6.66 Å². The molecule has 4 N–H and O–H groups in total. The molecule has 0 saturated heterocycles. The van der Waals surface area contributed by atoms with Crippen molar-refractivity contribution in [3.05, 3.63) is 0 Å². The highest BCUT2D eigenvalue weighted by atomic mass is 31.2. The smallest absolute Gasteiger partial charge is 0.320 e. The number of hydrogen-bond donors (Lipinski definition) is 4. The third-order valence-electron chi connectivity index (χ3n) is 1.58. The summed E-state index contributed by atoms with van der Waals surface area (Å²) in [7, 11) is -3.33. The minimum absolute atomic E-state index is 0.120. The number of carboxylic acids is 2. The molecular weight excluding hydrogens is 225 g/mol. The molecule has 2 unspecified atom stereocenters. The number of nitrogens with one attached hydrogen (secondary N) is 1. The van der Waals surface area contributed by atoms with Crippen molar-refractivity contribution in [1.82, 2.24) is 5.32 Å². The van der Waals surface area contributed by atoms with Crippen molar-refractivity contribution in [1.29, 1.82) is 0 Å². The summed E-state index contributed by atoms with van der Waals surface area (Å²) in [5, 5.41) is 19.3. The number of rotatable bonds is 7. The van der Waals surface area contributed by atoms with Crippen LogP contribution in [0.25, 0.3) is 0 Å². The second-order valence-electron chi connectivity index (χ2n) is 3.24. The Labute approximate surface area is 86.6 Å². The van der Waals surface area contributed by atoms with E-state index in [2.05, 4.69) is 5.32 Å². The van der Waals surface area contributed by atoms with Crippen molar-refractivity contribution in [3.8, 4) is 0 Å². The molecule has 0 saturated carbocycles. The molecule has 0 bridgehead atoms. The Morgan fingerprint density at radius 2 is 1.93 bits per heavy atom. The second-order valence-corrected chi connectivity index (χ2v) is 5.65. The number of aliphatic carboxylic acids is 2. The first-order chi connectivity index (χ1) is 6.72. The second kappa shape index (κ2) is 5.85. The van der Waals surface area contributed by atoms with E-state index in [-0.39, 0.29) is 19.1 Å². The quantitative estimate of drug-likeness (QED) is 0.451. The van der Waals surface area contributed by atoms with Gasteiger partial charge < -0.3 is 15.1 Å². The summed E-state index contributed by atoms with van der Waals surface area (Å²) in [6.07, 6.45) is -0.766. The van der Waals surface area contributed by atoms with Crippen molar-refractivity contribution in [2.45, 2.75) is 18.9 Å². The third-order valence-corrected chi connectivity index (χ3v) is 2.35. The van der Waals surface area contributed by atoms with Crippen molar-refractivity contribution in [2.75, 3.05) is 13.0 Å². The lowest BCUT2D eigenvalue weighted by Crippen LogP contribution is -2.37. The van der Waals surface area contributed by atoms with Crippen LogP contribution in [0.1, 0.15) is 12.8 Å². The fourth-order valence-electron chi connectivity index (χ4n) is 0.860. The van der Waals surface area contributed by atoms with Gasteiger partial charge >= 0.3 is 11.9 Å². The highest BCUT2D eigenvalue weighted by molar-refractivity contribution is 7.57. The van der Waals surface area contributed by atoms with E-state index >= 15 is 0 Å². The molecule has 0 aliphatic rings. The van der Waals surface area contributed by atoms with Gasteiger partial charge in [-0.25, -0.2) is 0 Å². The topological polar surface area (TPSA) is 124 Å². The lowest BCUT2D eigenvalue weighted by Gasteiger charge is -2.14. The van der Waals surface area contributed by atoms with Gasteiger partial charge in [-0.1, -0.05) is 0 Å². The molecule has 0 rings (SSSR count). The molecule has 8 heteroatoms. The minimum atomic E-state index is -3.33. The summed E-state index contributed by atoms with van der Waals surface area (Å²) >= 11 is 0. The normalized spacial score (nSPS) is 16.7. The number of carbonyl (C=O) groups is 2. The van der Waals surface area contributed by atoms with Gasteiger partial charge in [0.2, 0.25) is 7.37 Å². The molecular formula is C7H14NO6P. The Hall–Kier alpha value is -0.910. The molecule has 0 amide bonds. The van der Waals surface area contributed by atoms with Gasteiger partial charge in [0.05, 0.1) is 6.29 Å². The van der Waals surface area contributed by atoms with Crippen molar-refractivity contribution in [3.63, 3.8) is 0 Å². The van der Waals surface area contributed by atoms with Gasteiger partial charge in [-0.2, -0.15) is 0 Å². The Bertz CT molecular complexity index is 285. The maximum Gasteiger partial charge on any atom is 0.320 e. The summed E-state index contributed by atoms with van der Waals surface area (Å²) < 4.78 is 10.9. The van der Waals surface area contributed by atoms with Crippen molar-refractivity contribution >= 4 is 19.3 Å². The zero-order chi connectivity index (χ0) is 12.1. The van der Waals surface area contributed by atoms with Gasteiger partial charge in [-0.3, -0.25) is 19.5 Å². The minimum Gasteiger partial charge on any atom is -0.481 e. The standard InChI is InChI=1S/C7H14NO6P/c1-15(13,14)4-8-5(7(11)12)2-3-6(9)10/h5,8H,2-4H2,1H3,(H,9,10)(H,11,12)(H,13,14). The van der Waals surface area contributed by atoms with E-state index in [1.165, 1.54) is 0 Å². The zero-order valence-electron chi connectivity index (χ0n) is 8.21. The van der Waals surface area contributed by atoms with Crippen LogP contribution >= 0.6 is 7.37 Å². The molecule has 0 radical (unpaired) electrons. The molecule has 0 aliphatic carbocycles. The lowest BCUT2D eigenvalue weighted by molar-refractivity contribution is -0.140. The Morgan fingerprint density at radius 3 is 2.27 bits per heavy atom. The van der Waals surface area contributed by atoms with E-state index < -0.39 is 25.3 Å². The molecule has 0 aliphatic heterocycles. The van der Waals surface area contributed by atoms with Crippen LogP contribution in [0.5, 0.6) is 0 Å². The van der Waals surface area contributed by atoms with Crippen LogP contribution in [0.4, 0.5) is 0 Å². The summed E-state index contributed by atoms with van der Waals surface area (Å²) in [6.45, 7) is 1.09. The van der Waals surface area contributed by atoms with Gasteiger partial charge in [0.25, 0.3) is 0 Å². The Kier molecular flexibility index (Phi) is 5.49. The van der Waals surface area contributed by atoms with Gasteiger partial charge in [-0.15, -0.1) is 0 Å². The Morgan fingerprint density at radius 1 is 1.40 bits per heavy atom. The van der Waals surface area contributed by atoms with Crippen LogP contribution in [0.3, 0.4) is 0 Å². The van der Waals surface area contributed by atoms with Gasteiger partial charge in [-0.05, 0) is 6.42 Å². The van der Waals surface area contributed by atoms with E-state index in [4.69, 9.17) is 15.1 Å². The summed E-state index contributed by atoms with van der Waals surface area (Å²) in [5.41, 5.74) is 0. The first-order valence-corrected chi connectivity index (χ1v) is 6.49. The zero-order valence-corrected chi connectivity index (χ0v) is 9.11. The SMILES string of the molecule is CP(=O)(O)CNC(CCC(=O)O)C(=O)O. The predicted molar refractivity (Wildman–Crippen MR) is 52.0 cm³/mol. The largest absolute Gasteiger partial charge is 0.481 e. The van der Waals surface area contributed by atoms with Crippen LogP contribution in [-0.4, -0.2) is 46.0 Å². The van der Waals surface area contributed by atoms with Crippen LogP contribution in [0.15, 0.2) is 0 Å². The van der Waals surface area contributed by atoms with Gasteiger partial charge in [0.15, 0.2) is 0 Å². The van der Waals surface area contributed by atoms with E-state index in [9.17, 15) is 14.2 Å². The van der Waals surface area contributed by atoms with Crippen LogP contribution in [0.2, 0.25) is 0 Å². The molecule has 2 atom stereocenters. The first-order valence-electron chi connectivity index (χ1n) is 4.19. The highest BCUT2D eigenvalue weighted by Crippen LogP contribution is 2.33. The van der Waals surface area contributed by atoms with Crippen molar-refractivity contribution < 1.29 is 29.3 Å². The third kappa shape index (κ3) is 8.11. The molecule has 15 heavy (non-hydrogen) atoms. The van der Waals surface area contributed by atoms with Crippen LogP contribution < -0.4 is 5.32 Å². The summed E-state index contributed by atoms with van der Waals surface area (Å²) in [6, 6.07) is -1.11. The molecule has 88 valence electrons. The average molecular weight is 239 g/mol. The molecule has 0 spiro atoms. The maximum absolute atomic E-state index is 10.9. The monoisotopic (exact) mass is 239 g/mol. The molecule has 0 fully saturated rings. The maximum atomic E-state index is 10.9. The number of hydrogen-bond acceptors (Lipinski definition) is 4. The van der Waals surface area contributed by atoms with Gasteiger partial charge in [0.1, 0.15) is 6.04 Å². The fourth-order valence-corrected chi connectivity index (χ4v) is 1.42. The molecule has 0 aromatic carbocycles. The summed E-state index contributed by atoms with van der Waals surface area (Å²) in [4.78, 5) is 29.7.